The van der Waals surface area contributed by atoms with Crippen LogP contribution in [-0.2, 0) is 4.74 Å². The summed E-state index contributed by atoms with van der Waals surface area (Å²) in [5, 5.41) is 0. The molecule has 0 amide bonds. The molecule has 70 valence electrons. The fourth-order valence-corrected chi connectivity index (χ4v) is 1.55. The second-order valence-corrected chi connectivity index (χ2v) is 3.58. The van der Waals surface area contributed by atoms with E-state index in [0.29, 0.717) is 12.2 Å². The van der Waals surface area contributed by atoms with Crippen molar-refractivity contribution in [3.63, 3.8) is 0 Å². The Hall–Kier alpha value is -0.300. The summed E-state index contributed by atoms with van der Waals surface area (Å²) < 4.78 is 5.35. The third-order valence-corrected chi connectivity index (χ3v) is 2.45. The van der Waals surface area contributed by atoms with Crippen molar-refractivity contribution in [2.45, 2.75) is 57.7 Å². The third kappa shape index (κ3) is 3.40. The number of rotatable bonds is 7. The van der Waals surface area contributed by atoms with Gasteiger partial charge in [0.15, 0.2) is 0 Å². The van der Waals surface area contributed by atoms with E-state index in [9.17, 15) is 0 Å². The highest BCUT2D eigenvalue weighted by atomic mass is 16.6. The van der Waals surface area contributed by atoms with Gasteiger partial charge in [0.05, 0.1) is 6.10 Å². The number of hydrogen-bond acceptors (Lipinski definition) is 1. The molecule has 0 spiro atoms. The van der Waals surface area contributed by atoms with Gasteiger partial charge in [-0.1, -0.05) is 45.1 Å². The summed E-state index contributed by atoms with van der Waals surface area (Å²) in [4.78, 5) is 0. The van der Waals surface area contributed by atoms with E-state index in [1.165, 1.54) is 38.5 Å². The maximum Gasteiger partial charge on any atom is 0.102 e. The second-order valence-electron chi connectivity index (χ2n) is 3.58. The van der Waals surface area contributed by atoms with Crippen LogP contribution in [-0.4, -0.2) is 12.2 Å². The smallest absolute Gasteiger partial charge is 0.102 e. The molecule has 1 nitrogen and oxygen atoms in total. The van der Waals surface area contributed by atoms with E-state index in [1.54, 1.807) is 0 Å². The standard InChI is InChI=1S/C11H20O/c1-3-5-6-7-8-9-11-10(4-2)12-11/h4,10-11H,2-3,5-9H2,1H3. The van der Waals surface area contributed by atoms with Crippen molar-refractivity contribution in [3.05, 3.63) is 12.7 Å². The highest BCUT2D eigenvalue weighted by molar-refractivity contribution is 4.97. The van der Waals surface area contributed by atoms with Crippen LogP contribution >= 0.6 is 0 Å². The van der Waals surface area contributed by atoms with Gasteiger partial charge in [-0.05, 0) is 6.42 Å². The molecular formula is C11H20O. The zero-order valence-corrected chi connectivity index (χ0v) is 8.09. The normalized spacial score (nSPS) is 27.1. The summed E-state index contributed by atoms with van der Waals surface area (Å²) in [6.07, 6.45) is 10.9. The zero-order chi connectivity index (χ0) is 8.81. The quantitative estimate of drug-likeness (QED) is 0.323. The molecule has 0 radical (unpaired) electrons. The first-order valence-corrected chi connectivity index (χ1v) is 5.16. The SMILES string of the molecule is C=CC1OC1CCCCCCC. The van der Waals surface area contributed by atoms with Crippen molar-refractivity contribution in [3.8, 4) is 0 Å². The molecule has 0 aliphatic carbocycles. The molecule has 1 heterocycles. The van der Waals surface area contributed by atoms with E-state index in [2.05, 4.69) is 13.5 Å². The van der Waals surface area contributed by atoms with Gasteiger partial charge in [-0.15, -0.1) is 6.58 Å². The third-order valence-electron chi connectivity index (χ3n) is 2.45. The van der Waals surface area contributed by atoms with Crippen LogP contribution in [0.2, 0.25) is 0 Å². The Morgan fingerprint density at radius 1 is 1.25 bits per heavy atom. The maximum atomic E-state index is 5.35. The van der Waals surface area contributed by atoms with Crippen LogP contribution in [0.25, 0.3) is 0 Å². The minimum atomic E-state index is 0.385. The van der Waals surface area contributed by atoms with Gasteiger partial charge in [-0.25, -0.2) is 0 Å². The van der Waals surface area contributed by atoms with Crippen LogP contribution < -0.4 is 0 Å². The minimum Gasteiger partial charge on any atom is -0.365 e. The lowest BCUT2D eigenvalue weighted by Crippen LogP contribution is -1.90. The summed E-state index contributed by atoms with van der Waals surface area (Å²) in [7, 11) is 0. The van der Waals surface area contributed by atoms with Gasteiger partial charge in [0.1, 0.15) is 6.10 Å². The minimum absolute atomic E-state index is 0.385. The Kier molecular flexibility index (Phi) is 4.37. The summed E-state index contributed by atoms with van der Waals surface area (Å²) in [5.41, 5.74) is 0. The van der Waals surface area contributed by atoms with E-state index in [4.69, 9.17) is 4.74 Å². The summed E-state index contributed by atoms with van der Waals surface area (Å²) in [5.74, 6) is 0. The van der Waals surface area contributed by atoms with E-state index in [0.717, 1.165) is 0 Å². The first-order chi connectivity index (χ1) is 5.88. The summed E-state index contributed by atoms with van der Waals surface area (Å²) in [6.45, 7) is 5.95. The first kappa shape index (κ1) is 9.79. The van der Waals surface area contributed by atoms with E-state index < -0.39 is 0 Å². The van der Waals surface area contributed by atoms with Gasteiger partial charge < -0.3 is 4.74 Å². The number of epoxide rings is 1. The average molecular weight is 168 g/mol. The highest BCUT2D eigenvalue weighted by Gasteiger charge is 2.34. The highest BCUT2D eigenvalue weighted by Crippen LogP contribution is 2.27. The molecule has 12 heavy (non-hydrogen) atoms. The summed E-state index contributed by atoms with van der Waals surface area (Å²) >= 11 is 0. The van der Waals surface area contributed by atoms with Gasteiger partial charge >= 0.3 is 0 Å². The second kappa shape index (κ2) is 5.36. The van der Waals surface area contributed by atoms with Crippen LogP contribution in [0, 0.1) is 0 Å². The zero-order valence-electron chi connectivity index (χ0n) is 8.09. The lowest BCUT2D eigenvalue weighted by atomic mass is 10.1. The van der Waals surface area contributed by atoms with E-state index in [-0.39, 0.29) is 0 Å². The van der Waals surface area contributed by atoms with Gasteiger partial charge in [0.25, 0.3) is 0 Å². The predicted octanol–water partition coefficient (Wildman–Crippen LogP) is 3.30. The Bertz CT molecular complexity index is 131. The fourth-order valence-electron chi connectivity index (χ4n) is 1.55. The molecule has 1 aliphatic heterocycles. The van der Waals surface area contributed by atoms with Crippen molar-refractivity contribution in [1.82, 2.24) is 0 Å². The molecule has 0 bridgehead atoms. The molecule has 0 aromatic heterocycles. The Labute approximate surface area is 75.8 Å². The monoisotopic (exact) mass is 168 g/mol. The van der Waals surface area contributed by atoms with Crippen molar-refractivity contribution < 1.29 is 4.74 Å². The lowest BCUT2D eigenvalue weighted by Gasteiger charge is -1.96. The van der Waals surface area contributed by atoms with Crippen LogP contribution in [0.4, 0.5) is 0 Å². The largest absolute Gasteiger partial charge is 0.365 e. The molecule has 0 saturated carbocycles. The van der Waals surface area contributed by atoms with Crippen LogP contribution in [0.15, 0.2) is 12.7 Å². The van der Waals surface area contributed by atoms with Crippen LogP contribution in [0.3, 0.4) is 0 Å². The molecular weight excluding hydrogens is 148 g/mol. The molecule has 0 aromatic carbocycles. The van der Waals surface area contributed by atoms with Gasteiger partial charge in [-0.3, -0.25) is 0 Å². The average Bonchev–Trinajstić information content (AvgIpc) is 2.83. The number of ether oxygens (including phenoxy) is 1. The van der Waals surface area contributed by atoms with Gasteiger partial charge in [0, 0.05) is 0 Å². The Morgan fingerprint density at radius 2 is 2.00 bits per heavy atom. The van der Waals surface area contributed by atoms with Crippen molar-refractivity contribution in [2.75, 3.05) is 0 Å². The summed E-state index contributed by atoms with van der Waals surface area (Å²) in [6, 6.07) is 0. The van der Waals surface area contributed by atoms with Crippen LogP contribution in [0.5, 0.6) is 0 Å². The van der Waals surface area contributed by atoms with E-state index in [1.807, 2.05) is 6.08 Å². The molecule has 2 atom stereocenters. The molecule has 1 saturated heterocycles. The maximum absolute atomic E-state index is 5.35. The first-order valence-electron chi connectivity index (χ1n) is 5.16. The molecule has 2 unspecified atom stereocenters. The number of hydrogen-bond donors (Lipinski definition) is 0. The molecule has 1 fully saturated rings. The number of unbranched alkanes of at least 4 members (excludes halogenated alkanes) is 4. The van der Waals surface area contributed by atoms with Crippen molar-refractivity contribution in [2.24, 2.45) is 0 Å². The molecule has 0 aromatic rings. The fraction of sp³-hybridized carbons (Fsp3) is 0.818. The van der Waals surface area contributed by atoms with E-state index >= 15 is 0 Å². The lowest BCUT2D eigenvalue weighted by molar-refractivity contribution is 0.372. The van der Waals surface area contributed by atoms with Crippen LogP contribution in [0.1, 0.15) is 45.4 Å². The Morgan fingerprint density at radius 3 is 2.58 bits per heavy atom. The van der Waals surface area contributed by atoms with Gasteiger partial charge in [-0.2, -0.15) is 0 Å². The Balaban J connectivity index is 1.81. The van der Waals surface area contributed by atoms with Gasteiger partial charge in [0.2, 0.25) is 0 Å². The van der Waals surface area contributed by atoms with Crippen molar-refractivity contribution in [1.29, 1.82) is 0 Å². The molecule has 1 aliphatic rings. The molecule has 1 rings (SSSR count). The van der Waals surface area contributed by atoms with Crippen molar-refractivity contribution >= 4 is 0 Å². The molecule has 0 N–H and O–H groups in total. The predicted molar refractivity (Wildman–Crippen MR) is 52.2 cm³/mol. The topological polar surface area (TPSA) is 12.5 Å². The molecule has 1 heteroatoms.